The number of carbonyl (C=O) groups is 1. The summed E-state index contributed by atoms with van der Waals surface area (Å²) in [5.74, 6) is -0.833. The summed E-state index contributed by atoms with van der Waals surface area (Å²) < 4.78 is 29.6. The number of benzene rings is 1. The molecule has 0 heterocycles. The maximum Gasteiger partial charge on any atom is 0.300 e. The van der Waals surface area contributed by atoms with Gasteiger partial charge in [0.1, 0.15) is 0 Å². The second kappa shape index (κ2) is 29.1. The van der Waals surface area contributed by atoms with Gasteiger partial charge in [-0.1, -0.05) is 135 Å². The summed E-state index contributed by atoms with van der Waals surface area (Å²) in [6, 6.07) is 5.99. The Morgan fingerprint density at radius 1 is 0.625 bits per heavy atom. The van der Waals surface area contributed by atoms with Crippen molar-refractivity contribution < 1.29 is 22.9 Å². The Labute approximate surface area is 248 Å². The molecule has 0 aliphatic carbocycles. The van der Waals surface area contributed by atoms with E-state index < -0.39 is 16.1 Å². The largest absolute Gasteiger partial charge is 0.481 e. The van der Waals surface area contributed by atoms with Crippen LogP contribution in [0.4, 0.5) is 0 Å². The second-order valence-corrected chi connectivity index (χ2v) is 12.4. The van der Waals surface area contributed by atoms with Crippen molar-refractivity contribution in [3.05, 3.63) is 29.8 Å². The van der Waals surface area contributed by atoms with Gasteiger partial charge in [-0.25, -0.2) is 0 Å². The molecule has 40 heavy (non-hydrogen) atoms. The zero-order valence-corrected chi connectivity index (χ0v) is 27.4. The lowest BCUT2D eigenvalue weighted by molar-refractivity contribution is -0.134. The normalized spacial score (nSPS) is 11.0. The highest BCUT2D eigenvalue weighted by atomic mass is 32.2. The van der Waals surface area contributed by atoms with Crippen molar-refractivity contribution in [2.24, 2.45) is 0 Å². The number of aryl methyl sites for hydroxylation is 1. The van der Waals surface area contributed by atoms with Crippen molar-refractivity contribution in [1.82, 2.24) is 4.90 Å². The van der Waals surface area contributed by atoms with E-state index in [0.29, 0.717) is 0 Å². The van der Waals surface area contributed by atoms with Crippen LogP contribution in [0.15, 0.2) is 29.2 Å². The fraction of sp³-hybridized carbons (Fsp3) is 0.788. The van der Waals surface area contributed by atoms with Gasteiger partial charge in [0.2, 0.25) is 0 Å². The van der Waals surface area contributed by atoms with Crippen LogP contribution in [0.25, 0.3) is 0 Å². The molecule has 0 bridgehead atoms. The molecule has 0 saturated carbocycles. The highest BCUT2D eigenvalue weighted by Gasteiger charge is 2.07. The minimum Gasteiger partial charge on any atom is -0.481 e. The Hall–Kier alpha value is -1.44. The summed E-state index contributed by atoms with van der Waals surface area (Å²) in [6.45, 7) is 13.9. The monoisotopic (exact) mass is 585 g/mol. The molecule has 0 aliphatic rings. The first-order chi connectivity index (χ1) is 19.1. The Morgan fingerprint density at radius 2 is 0.900 bits per heavy atom. The van der Waals surface area contributed by atoms with E-state index in [1.54, 1.807) is 12.1 Å². The van der Waals surface area contributed by atoms with Crippen LogP contribution in [0.1, 0.15) is 149 Å². The van der Waals surface area contributed by atoms with E-state index in [0.717, 1.165) is 12.5 Å². The average Bonchev–Trinajstić information content (AvgIpc) is 2.89. The second-order valence-electron chi connectivity index (χ2n) is 11.0. The fourth-order valence-electron chi connectivity index (χ4n) is 4.39. The van der Waals surface area contributed by atoms with Gasteiger partial charge in [-0.2, -0.15) is 8.42 Å². The summed E-state index contributed by atoms with van der Waals surface area (Å²) in [4.78, 5) is 11.7. The quantitative estimate of drug-likeness (QED) is 0.104. The predicted molar refractivity (Wildman–Crippen MR) is 171 cm³/mol. The topological polar surface area (TPSA) is 94.9 Å². The summed E-state index contributed by atoms with van der Waals surface area (Å²) >= 11 is 0. The number of carboxylic acids is 1. The van der Waals surface area contributed by atoms with Crippen molar-refractivity contribution in [2.75, 3.05) is 19.6 Å². The highest BCUT2D eigenvalue weighted by molar-refractivity contribution is 7.85. The van der Waals surface area contributed by atoms with Crippen molar-refractivity contribution in [3.63, 3.8) is 0 Å². The van der Waals surface area contributed by atoms with Crippen LogP contribution in [0, 0.1) is 6.92 Å². The molecule has 0 fully saturated rings. The molecule has 0 aromatic heterocycles. The molecule has 0 amide bonds. The molecule has 1 aromatic carbocycles. The molecule has 236 valence electrons. The number of hydrogen-bond acceptors (Lipinski definition) is 4. The summed E-state index contributed by atoms with van der Waals surface area (Å²) in [5, 5.41) is 7.42. The molecule has 0 saturated heterocycles. The Kier molecular flexibility index (Phi) is 29.6. The van der Waals surface area contributed by atoms with Crippen molar-refractivity contribution in [2.45, 2.75) is 155 Å². The predicted octanol–water partition coefficient (Wildman–Crippen LogP) is 9.70. The third-order valence-electron chi connectivity index (χ3n) is 6.80. The van der Waals surface area contributed by atoms with E-state index in [4.69, 9.17) is 14.5 Å². The maximum absolute atomic E-state index is 10.5. The van der Waals surface area contributed by atoms with Crippen LogP contribution < -0.4 is 0 Å². The number of rotatable bonds is 22. The molecule has 0 aliphatic heterocycles. The van der Waals surface area contributed by atoms with E-state index in [1.165, 1.54) is 147 Å². The Bertz CT molecular complexity index is 738. The first-order valence-electron chi connectivity index (χ1n) is 16.0. The molecule has 0 unspecified atom stereocenters. The standard InChI is InChI=1S/C24H51N.C7H8O3S.C2H4O2/c1-4-7-10-13-16-19-22-25(23-20-17-14-11-8-5-2)24-21-18-15-12-9-6-3;1-6-2-4-7(5-3-6)11(8,9)10;1-2(3)4/h4-24H2,1-3H3;2-5H,1H3,(H,8,9,10);1H3,(H,3,4). The van der Waals surface area contributed by atoms with Crippen LogP contribution >= 0.6 is 0 Å². The third kappa shape index (κ3) is 31.1. The summed E-state index contributed by atoms with van der Waals surface area (Å²) in [6.07, 6.45) is 25.7. The maximum atomic E-state index is 10.5. The van der Waals surface area contributed by atoms with E-state index in [-0.39, 0.29) is 4.90 Å². The van der Waals surface area contributed by atoms with Gasteiger partial charge in [0.05, 0.1) is 4.90 Å². The minimum absolute atomic E-state index is 0.0666. The number of nitrogens with zero attached hydrogens (tertiary/aromatic N) is 1. The summed E-state index contributed by atoms with van der Waals surface area (Å²) in [7, 11) is -4.02. The molecule has 0 spiro atoms. The number of aliphatic carboxylic acids is 1. The molecule has 1 rings (SSSR count). The minimum atomic E-state index is -4.02. The van der Waals surface area contributed by atoms with E-state index in [9.17, 15) is 8.42 Å². The molecule has 0 radical (unpaired) electrons. The fourth-order valence-corrected chi connectivity index (χ4v) is 4.87. The average molecular weight is 586 g/mol. The zero-order chi connectivity index (χ0) is 30.5. The van der Waals surface area contributed by atoms with Crippen molar-refractivity contribution in [1.29, 1.82) is 0 Å². The van der Waals surface area contributed by atoms with Crippen molar-refractivity contribution in [3.8, 4) is 0 Å². The number of carboxylic acid groups (broad SMARTS) is 1. The van der Waals surface area contributed by atoms with Gasteiger partial charge in [-0.05, 0) is 58.0 Å². The van der Waals surface area contributed by atoms with Gasteiger partial charge in [0.15, 0.2) is 0 Å². The van der Waals surface area contributed by atoms with Gasteiger partial charge in [0, 0.05) is 6.92 Å². The van der Waals surface area contributed by atoms with Crippen LogP contribution in [0.3, 0.4) is 0 Å². The molecule has 0 atom stereocenters. The molecule has 6 nitrogen and oxygen atoms in total. The SMILES string of the molecule is CC(=O)O.CCCCCCCCN(CCCCCCCC)CCCCCCCC.Cc1ccc(S(=O)(=O)O)cc1. The Balaban J connectivity index is 0. The van der Waals surface area contributed by atoms with Crippen LogP contribution in [0.2, 0.25) is 0 Å². The van der Waals surface area contributed by atoms with E-state index in [2.05, 4.69) is 25.7 Å². The number of unbranched alkanes of at least 4 members (excludes halogenated alkanes) is 15. The van der Waals surface area contributed by atoms with Gasteiger partial charge >= 0.3 is 0 Å². The molecular weight excluding hydrogens is 522 g/mol. The van der Waals surface area contributed by atoms with Gasteiger partial charge in [-0.3, -0.25) is 9.35 Å². The zero-order valence-electron chi connectivity index (χ0n) is 26.6. The number of hydrogen-bond donors (Lipinski definition) is 2. The van der Waals surface area contributed by atoms with Crippen LogP contribution in [0.5, 0.6) is 0 Å². The van der Waals surface area contributed by atoms with Gasteiger partial charge in [0.25, 0.3) is 16.1 Å². The first kappa shape index (κ1) is 40.7. The third-order valence-corrected chi connectivity index (χ3v) is 7.67. The van der Waals surface area contributed by atoms with Gasteiger partial charge in [-0.15, -0.1) is 0 Å². The molecule has 2 N–H and O–H groups in total. The first-order valence-corrected chi connectivity index (χ1v) is 17.5. The molecule has 1 aromatic rings. The molecular formula is C33H63NO5S. The summed E-state index contributed by atoms with van der Waals surface area (Å²) in [5.41, 5.74) is 0.956. The smallest absolute Gasteiger partial charge is 0.300 e. The lowest BCUT2D eigenvalue weighted by atomic mass is 10.1. The lowest BCUT2D eigenvalue weighted by Crippen LogP contribution is -2.27. The Morgan fingerprint density at radius 3 is 1.18 bits per heavy atom. The highest BCUT2D eigenvalue weighted by Crippen LogP contribution is 2.11. The van der Waals surface area contributed by atoms with E-state index >= 15 is 0 Å². The van der Waals surface area contributed by atoms with E-state index in [1.807, 2.05) is 6.92 Å². The van der Waals surface area contributed by atoms with Crippen LogP contribution in [-0.2, 0) is 14.9 Å². The van der Waals surface area contributed by atoms with Crippen LogP contribution in [-0.4, -0.2) is 48.6 Å². The molecule has 7 heteroatoms. The van der Waals surface area contributed by atoms with Crippen molar-refractivity contribution >= 4 is 16.1 Å². The lowest BCUT2D eigenvalue weighted by Gasteiger charge is -2.22. The van der Waals surface area contributed by atoms with Gasteiger partial charge < -0.3 is 10.0 Å².